The quantitative estimate of drug-likeness (QED) is 0.793. The highest BCUT2D eigenvalue weighted by molar-refractivity contribution is 5.89. The first-order valence-corrected chi connectivity index (χ1v) is 9.47. The number of aliphatic hydroxyl groups is 1. The minimum absolute atomic E-state index is 0.0956. The maximum absolute atomic E-state index is 12.6. The fourth-order valence-electron chi connectivity index (χ4n) is 4.38. The van der Waals surface area contributed by atoms with Crippen LogP contribution in [0, 0.1) is 5.92 Å². The molecule has 4 unspecified atom stereocenters. The van der Waals surface area contributed by atoms with Crippen molar-refractivity contribution in [1.29, 1.82) is 0 Å². The highest BCUT2D eigenvalue weighted by Gasteiger charge is 2.53. The molecular formula is C21H33NO3. The molecule has 0 bridgehead atoms. The van der Waals surface area contributed by atoms with Gasteiger partial charge in [0.15, 0.2) is 0 Å². The predicted octanol–water partition coefficient (Wildman–Crippen LogP) is 3.88. The van der Waals surface area contributed by atoms with E-state index in [9.17, 15) is 9.90 Å². The Labute approximate surface area is 152 Å². The zero-order chi connectivity index (χ0) is 18.7. The van der Waals surface area contributed by atoms with Crippen LogP contribution in [-0.4, -0.2) is 46.3 Å². The summed E-state index contributed by atoms with van der Waals surface area (Å²) in [6.45, 7) is 11.8. The third kappa shape index (κ3) is 3.75. The number of hydrogen-bond donors (Lipinski definition) is 1. The summed E-state index contributed by atoms with van der Waals surface area (Å²) < 4.78 is 5.98. The fourth-order valence-corrected chi connectivity index (χ4v) is 4.38. The van der Waals surface area contributed by atoms with Crippen molar-refractivity contribution >= 4 is 5.97 Å². The molecule has 1 aromatic rings. The highest BCUT2D eigenvalue weighted by Crippen LogP contribution is 2.46. The van der Waals surface area contributed by atoms with Crippen LogP contribution in [0.1, 0.15) is 64.2 Å². The Morgan fingerprint density at radius 3 is 2.40 bits per heavy atom. The van der Waals surface area contributed by atoms with Crippen molar-refractivity contribution < 1.29 is 14.6 Å². The minimum atomic E-state index is -0.245. The summed E-state index contributed by atoms with van der Waals surface area (Å²) in [6.07, 6.45) is 2.56. The number of carbonyl (C=O) groups is 1. The third-order valence-corrected chi connectivity index (χ3v) is 6.52. The Hall–Kier alpha value is -1.39. The molecule has 0 radical (unpaired) electrons. The Kier molecular flexibility index (Phi) is 6.28. The molecule has 1 N–H and O–H groups in total. The number of ether oxygens (including phenoxy) is 1. The number of aliphatic hydroxyl groups excluding tert-OH is 1. The first kappa shape index (κ1) is 19.9. The molecule has 4 heteroatoms. The number of carbonyl (C=O) groups excluding carboxylic acids is 1. The van der Waals surface area contributed by atoms with Gasteiger partial charge < -0.3 is 9.84 Å². The van der Waals surface area contributed by atoms with Gasteiger partial charge in [0.1, 0.15) is 6.10 Å². The van der Waals surface area contributed by atoms with Gasteiger partial charge in [-0.2, -0.15) is 0 Å². The molecule has 1 fully saturated rings. The van der Waals surface area contributed by atoms with Crippen molar-refractivity contribution in [2.45, 2.75) is 71.1 Å². The van der Waals surface area contributed by atoms with Gasteiger partial charge in [-0.25, -0.2) is 4.79 Å². The van der Waals surface area contributed by atoms with Crippen LogP contribution in [0.3, 0.4) is 0 Å². The summed E-state index contributed by atoms with van der Waals surface area (Å²) in [6, 6.07) is 9.21. The van der Waals surface area contributed by atoms with Gasteiger partial charge in [-0.15, -0.1) is 0 Å². The number of rotatable bonds is 6. The van der Waals surface area contributed by atoms with Crippen LogP contribution in [0.4, 0.5) is 0 Å². The summed E-state index contributed by atoms with van der Waals surface area (Å²) in [4.78, 5) is 15.0. The second kappa shape index (κ2) is 7.88. The summed E-state index contributed by atoms with van der Waals surface area (Å²) >= 11 is 0. The summed E-state index contributed by atoms with van der Waals surface area (Å²) in [5, 5.41) is 9.59. The largest absolute Gasteiger partial charge is 0.458 e. The zero-order valence-electron chi connectivity index (χ0n) is 16.3. The molecule has 0 aliphatic carbocycles. The molecule has 2 rings (SSSR count). The molecule has 1 heterocycles. The molecule has 1 aliphatic rings. The first-order valence-electron chi connectivity index (χ1n) is 9.47. The molecule has 0 saturated carbocycles. The van der Waals surface area contributed by atoms with Crippen LogP contribution >= 0.6 is 0 Å². The van der Waals surface area contributed by atoms with Gasteiger partial charge in [-0.3, -0.25) is 4.90 Å². The van der Waals surface area contributed by atoms with Crippen molar-refractivity contribution in [2.75, 3.05) is 13.2 Å². The first-order chi connectivity index (χ1) is 11.8. The van der Waals surface area contributed by atoms with Gasteiger partial charge in [0.05, 0.1) is 12.2 Å². The molecule has 140 valence electrons. The van der Waals surface area contributed by atoms with Crippen LogP contribution in [0.15, 0.2) is 30.3 Å². The Balaban J connectivity index is 2.29. The van der Waals surface area contributed by atoms with Gasteiger partial charge in [-0.1, -0.05) is 39.0 Å². The number of β-amino-alcohol motifs (C(OH)–C–C–N with tert-alkyl or cyclic N) is 1. The monoisotopic (exact) mass is 347 g/mol. The van der Waals surface area contributed by atoms with Gasteiger partial charge in [0.25, 0.3) is 0 Å². The van der Waals surface area contributed by atoms with Gasteiger partial charge in [0.2, 0.25) is 0 Å². The van der Waals surface area contributed by atoms with Crippen molar-refractivity contribution in [3.8, 4) is 0 Å². The lowest BCUT2D eigenvalue weighted by Crippen LogP contribution is -2.68. The Bertz CT molecular complexity index is 576. The van der Waals surface area contributed by atoms with Gasteiger partial charge >= 0.3 is 5.97 Å². The number of benzene rings is 1. The fraction of sp³-hybridized carbons (Fsp3) is 0.667. The second-order valence-electron chi connectivity index (χ2n) is 7.74. The molecule has 0 amide bonds. The van der Waals surface area contributed by atoms with Gasteiger partial charge in [0, 0.05) is 30.0 Å². The van der Waals surface area contributed by atoms with E-state index in [0.717, 1.165) is 19.3 Å². The second-order valence-corrected chi connectivity index (χ2v) is 7.74. The SMILES string of the molecule is CCC1(C)CC(OC(=O)c2ccccc2)C(C)C(C)(CC)N1CCO. The third-order valence-electron chi connectivity index (χ3n) is 6.52. The molecule has 1 aliphatic heterocycles. The lowest BCUT2D eigenvalue weighted by molar-refractivity contribution is -0.142. The normalized spacial score (nSPS) is 33.2. The van der Waals surface area contributed by atoms with Gasteiger partial charge in [-0.05, 0) is 38.8 Å². The van der Waals surface area contributed by atoms with Crippen molar-refractivity contribution in [3.05, 3.63) is 35.9 Å². The number of hydrogen-bond acceptors (Lipinski definition) is 4. The van der Waals surface area contributed by atoms with Crippen molar-refractivity contribution in [1.82, 2.24) is 4.90 Å². The Morgan fingerprint density at radius 2 is 1.88 bits per heavy atom. The molecule has 1 saturated heterocycles. The van der Waals surface area contributed by atoms with E-state index in [4.69, 9.17) is 4.74 Å². The maximum atomic E-state index is 12.6. The van der Waals surface area contributed by atoms with E-state index in [2.05, 4.69) is 39.5 Å². The Morgan fingerprint density at radius 1 is 1.24 bits per heavy atom. The van der Waals surface area contributed by atoms with E-state index >= 15 is 0 Å². The number of esters is 1. The topological polar surface area (TPSA) is 49.8 Å². The van der Waals surface area contributed by atoms with E-state index in [1.54, 1.807) is 12.1 Å². The zero-order valence-corrected chi connectivity index (χ0v) is 16.3. The highest BCUT2D eigenvalue weighted by atomic mass is 16.5. The predicted molar refractivity (Wildman–Crippen MR) is 101 cm³/mol. The van der Waals surface area contributed by atoms with E-state index < -0.39 is 0 Å². The summed E-state index contributed by atoms with van der Waals surface area (Å²) in [7, 11) is 0. The maximum Gasteiger partial charge on any atom is 0.338 e. The minimum Gasteiger partial charge on any atom is -0.458 e. The van der Waals surface area contributed by atoms with E-state index in [0.29, 0.717) is 12.1 Å². The molecule has 0 spiro atoms. The van der Waals surface area contributed by atoms with Crippen LogP contribution in [0.2, 0.25) is 0 Å². The summed E-state index contributed by atoms with van der Waals surface area (Å²) in [5.41, 5.74) is 0.388. The van der Waals surface area contributed by atoms with Crippen LogP contribution < -0.4 is 0 Å². The van der Waals surface area contributed by atoms with Crippen LogP contribution in [0.5, 0.6) is 0 Å². The molecule has 1 aromatic carbocycles. The van der Waals surface area contributed by atoms with Crippen molar-refractivity contribution in [2.24, 2.45) is 5.92 Å². The average molecular weight is 347 g/mol. The van der Waals surface area contributed by atoms with E-state index in [1.165, 1.54) is 0 Å². The van der Waals surface area contributed by atoms with Crippen molar-refractivity contribution in [3.63, 3.8) is 0 Å². The standard InChI is InChI=1S/C21H33NO3/c1-6-20(4)15-18(25-19(24)17-11-9-8-10-12-17)16(3)21(5,7-2)22(20)13-14-23/h8-12,16,18,23H,6-7,13-15H2,1-5H3. The lowest BCUT2D eigenvalue weighted by atomic mass is 9.68. The van der Waals surface area contributed by atoms with Crippen LogP contribution in [0.25, 0.3) is 0 Å². The number of likely N-dealkylation sites (tertiary alicyclic amines) is 1. The molecule has 25 heavy (non-hydrogen) atoms. The molecule has 4 nitrogen and oxygen atoms in total. The summed E-state index contributed by atoms with van der Waals surface area (Å²) in [5.74, 6) is -0.0544. The smallest absolute Gasteiger partial charge is 0.338 e. The average Bonchev–Trinajstić information content (AvgIpc) is 2.64. The van der Waals surface area contributed by atoms with Crippen LogP contribution in [-0.2, 0) is 4.74 Å². The van der Waals surface area contributed by atoms with E-state index in [-0.39, 0.29) is 35.7 Å². The molecular weight excluding hydrogens is 314 g/mol. The van der Waals surface area contributed by atoms with E-state index in [1.807, 2.05) is 18.2 Å². The lowest BCUT2D eigenvalue weighted by Gasteiger charge is -2.60. The molecule has 0 aromatic heterocycles. The number of nitrogens with zero attached hydrogens (tertiary/aromatic N) is 1. The number of piperidine rings is 1. The molecule has 4 atom stereocenters.